The average Bonchev–Trinajstić information content (AvgIpc) is 3.34. The Morgan fingerprint density at radius 1 is 0.795 bits per heavy atom. The molecule has 0 spiro atoms. The van der Waals surface area contributed by atoms with Crippen LogP contribution in [0.25, 0.3) is 33.2 Å². The number of ether oxygens (including phenoxy) is 2. The fourth-order valence-corrected chi connectivity index (χ4v) is 5.25. The Kier molecular flexibility index (Phi) is 7.75. The SMILES string of the molecule is CCCCn1c(-c2cccc(Oc3ccc4ccccc4c3)c2)nc2ccc(OCCN3CCNCC3)cc21. The van der Waals surface area contributed by atoms with E-state index in [4.69, 9.17) is 14.5 Å². The quantitative estimate of drug-likeness (QED) is 0.221. The summed E-state index contributed by atoms with van der Waals surface area (Å²) >= 11 is 0. The van der Waals surface area contributed by atoms with Crippen molar-refractivity contribution in [1.29, 1.82) is 0 Å². The van der Waals surface area contributed by atoms with Crippen LogP contribution in [0.4, 0.5) is 0 Å². The normalized spacial score (nSPS) is 14.2. The first kappa shape index (κ1) is 25.4. The molecule has 0 amide bonds. The highest BCUT2D eigenvalue weighted by molar-refractivity contribution is 5.84. The van der Waals surface area contributed by atoms with E-state index in [-0.39, 0.29) is 0 Å². The summed E-state index contributed by atoms with van der Waals surface area (Å²) in [5, 5.41) is 5.77. The lowest BCUT2D eigenvalue weighted by atomic mass is 10.1. The van der Waals surface area contributed by atoms with Crippen LogP contribution in [0.5, 0.6) is 17.2 Å². The predicted octanol–water partition coefficient (Wildman–Crippen LogP) is 6.73. The van der Waals surface area contributed by atoms with Crippen molar-refractivity contribution in [1.82, 2.24) is 19.8 Å². The van der Waals surface area contributed by atoms with Crippen LogP contribution in [0.2, 0.25) is 0 Å². The summed E-state index contributed by atoms with van der Waals surface area (Å²) in [6.45, 7) is 9.04. The van der Waals surface area contributed by atoms with Crippen LogP contribution in [0, 0.1) is 0 Å². The predicted molar refractivity (Wildman–Crippen MR) is 159 cm³/mol. The van der Waals surface area contributed by atoms with E-state index in [1.807, 2.05) is 24.3 Å². The zero-order valence-electron chi connectivity index (χ0n) is 22.6. The summed E-state index contributed by atoms with van der Waals surface area (Å²) in [6, 6.07) is 29.1. The molecule has 5 aromatic rings. The maximum Gasteiger partial charge on any atom is 0.141 e. The molecular formula is C33H36N4O2. The molecule has 0 saturated carbocycles. The Hall–Kier alpha value is -3.87. The highest BCUT2D eigenvalue weighted by Gasteiger charge is 2.15. The fraction of sp³-hybridized carbons (Fsp3) is 0.303. The van der Waals surface area contributed by atoms with Crippen LogP contribution < -0.4 is 14.8 Å². The molecule has 1 fully saturated rings. The molecule has 6 rings (SSSR count). The third-order valence-corrected chi connectivity index (χ3v) is 7.39. The van der Waals surface area contributed by atoms with E-state index in [0.29, 0.717) is 6.61 Å². The minimum absolute atomic E-state index is 0.690. The fourth-order valence-electron chi connectivity index (χ4n) is 5.25. The topological polar surface area (TPSA) is 51.6 Å². The third kappa shape index (κ3) is 5.92. The molecule has 0 unspecified atom stereocenters. The molecule has 0 bridgehead atoms. The number of aryl methyl sites for hydroxylation is 1. The first-order chi connectivity index (χ1) is 19.3. The summed E-state index contributed by atoms with van der Waals surface area (Å²) < 4.78 is 14.8. The molecule has 1 N–H and O–H groups in total. The van der Waals surface area contributed by atoms with Gasteiger partial charge in [0.05, 0.1) is 11.0 Å². The molecule has 0 radical (unpaired) electrons. The second kappa shape index (κ2) is 11.9. The smallest absolute Gasteiger partial charge is 0.141 e. The number of unbranched alkanes of at least 4 members (excludes halogenated alkanes) is 1. The number of rotatable bonds is 10. The third-order valence-electron chi connectivity index (χ3n) is 7.39. The van der Waals surface area contributed by atoms with Gasteiger partial charge in [-0.15, -0.1) is 0 Å². The molecule has 6 nitrogen and oxygen atoms in total. The molecule has 2 heterocycles. The number of piperazine rings is 1. The van der Waals surface area contributed by atoms with Gasteiger partial charge >= 0.3 is 0 Å². The zero-order chi connectivity index (χ0) is 26.4. The molecular weight excluding hydrogens is 484 g/mol. The van der Waals surface area contributed by atoms with Crippen LogP contribution >= 0.6 is 0 Å². The van der Waals surface area contributed by atoms with Crippen LogP contribution in [0.1, 0.15) is 19.8 Å². The van der Waals surface area contributed by atoms with Crippen LogP contribution in [-0.2, 0) is 6.54 Å². The van der Waals surface area contributed by atoms with E-state index >= 15 is 0 Å². The number of hydrogen-bond donors (Lipinski definition) is 1. The molecule has 4 aromatic carbocycles. The summed E-state index contributed by atoms with van der Waals surface area (Å²) in [5.41, 5.74) is 3.14. The van der Waals surface area contributed by atoms with E-state index in [9.17, 15) is 0 Å². The summed E-state index contributed by atoms with van der Waals surface area (Å²) in [6.07, 6.45) is 2.20. The first-order valence-corrected chi connectivity index (χ1v) is 14.1. The molecule has 1 aliphatic heterocycles. The van der Waals surface area contributed by atoms with E-state index in [1.54, 1.807) is 0 Å². The zero-order valence-corrected chi connectivity index (χ0v) is 22.6. The monoisotopic (exact) mass is 520 g/mol. The van der Waals surface area contributed by atoms with Gasteiger partial charge in [-0.25, -0.2) is 4.98 Å². The number of nitrogens with one attached hydrogen (secondary N) is 1. The van der Waals surface area contributed by atoms with Crippen LogP contribution in [0.15, 0.2) is 84.9 Å². The lowest BCUT2D eigenvalue weighted by Crippen LogP contribution is -2.44. The van der Waals surface area contributed by atoms with Gasteiger partial charge in [0, 0.05) is 50.9 Å². The standard InChI is InChI=1S/C33H36N4O2/c1-2-3-17-37-32-24-28(38-21-20-36-18-15-34-16-19-36)13-14-31(32)35-33(37)27-9-6-10-29(23-27)39-30-12-11-25-7-4-5-8-26(25)22-30/h4-14,22-24,34H,2-3,15-21H2,1H3. The summed E-state index contributed by atoms with van der Waals surface area (Å²) in [4.78, 5) is 7.51. The van der Waals surface area contributed by atoms with Crippen molar-refractivity contribution in [3.05, 3.63) is 84.9 Å². The second-order valence-corrected chi connectivity index (χ2v) is 10.2. The molecule has 6 heteroatoms. The van der Waals surface area contributed by atoms with Crippen LogP contribution in [-0.4, -0.2) is 53.8 Å². The van der Waals surface area contributed by atoms with Gasteiger partial charge in [-0.3, -0.25) is 4.90 Å². The lowest BCUT2D eigenvalue weighted by Gasteiger charge is -2.26. The van der Waals surface area contributed by atoms with Crippen molar-refractivity contribution in [2.45, 2.75) is 26.3 Å². The number of hydrogen-bond acceptors (Lipinski definition) is 5. The maximum absolute atomic E-state index is 6.29. The van der Waals surface area contributed by atoms with Crippen molar-refractivity contribution in [3.8, 4) is 28.6 Å². The van der Waals surface area contributed by atoms with Crippen molar-refractivity contribution < 1.29 is 9.47 Å². The van der Waals surface area contributed by atoms with E-state index < -0.39 is 0 Å². The molecule has 200 valence electrons. The highest BCUT2D eigenvalue weighted by Crippen LogP contribution is 2.32. The highest BCUT2D eigenvalue weighted by atomic mass is 16.5. The van der Waals surface area contributed by atoms with Gasteiger partial charge in [-0.1, -0.05) is 55.8 Å². The number of fused-ring (bicyclic) bond motifs is 2. The van der Waals surface area contributed by atoms with Gasteiger partial charge in [0.2, 0.25) is 0 Å². The van der Waals surface area contributed by atoms with Gasteiger partial charge in [0.25, 0.3) is 0 Å². The minimum atomic E-state index is 0.690. The summed E-state index contributed by atoms with van der Waals surface area (Å²) in [5.74, 6) is 3.48. The number of aromatic nitrogens is 2. The van der Waals surface area contributed by atoms with Gasteiger partial charge in [-0.05, 0) is 53.6 Å². The molecule has 1 aromatic heterocycles. The molecule has 1 aliphatic rings. The summed E-state index contributed by atoms with van der Waals surface area (Å²) in [7, 11) is 0. The van der Waals surface area contributed by atoms with E-state index in [1.165, 1.54) is 10.8 Å². The second-order valence-electron chi connectivity index (χ2n) is 10.2. The van der Waals surface area contributed by atoms with Crippen molar-refractivity contribution in [3.63, 3.8) is 0 Å². The van der Waals surface area contributed by atoms with Crippen LogP contribution in [0.3, 0.4) is 0 Å². The Morgan fingerprint density at radius 3 is 2.49 bits per heavy atom. The van der Waals surface area contributed by atoms with Gasteiger partial charge in [0.15, 0.2) is 0 Å². The molecule has 0 aliphatic carbocycles. The van der Waals surface area contributed by atoms with Crippen molar-refractivity contribution in [2.24, 2.45) is 0 Å². The maximum atomic E-state index is 6.29. The largest absolute Gasteiger partial charge is 0.492 e. The van der Waals surface area contributed by atoms with Crippen molar-refractivity contribution in [2.75, 3.05) is 39.3 Å². The number of benzene rings is 4. The number of nitrogens with zero attached hydrogens (tertiary/aromatic N) is 3. The van der Waals surface area contributed by atoms with Gasteiger partial charge in [-0.2, -0.15) is 0 Å². The Labute approximate surface area is 230 Å². The van der Waals surface area contributed by atoms with Gasteiger partial charge < -0.3 is 19.4 Å². The number of imidazole rings is 1. The Bertz CT molecular complexity index is 1550. The Morgan fingerprint density at radius 2 is 1.62 bits per heavy atom. The molecule has 0 atom stereocenters. The van der Waals surface area contributed by atoms with Gasteiger partial charge in [0.1, 0.15) is 29.7 Å². The van der Waals surface area contributed by atoms with Crippen molar-refractivity contribution >= 4 is 21.8 Å². The molecule has 1 saturated heterocycles. The first-order valence-electron chi connectivity index (χ1n) is 14.1. The minimum Gasteiger partial charge on any atom is -0.492 e. The lowest BCUT2D eigenvalue weighted by molar-refractivity contribution is 0.191. The van der Waals surface area contributed by atoms with E-state index in [0.717, 1.165) is 91.8 Å². The van der Waals surface area contributed by atoms with E-state index in [2.05, 4.69) is 82.4 Å². The Balaban J connectivity index is 1.25. The molecule has 39 heavy (non-hydrogen) atoms. The average molecular weight is 521 g/mol.